The van der Waals surface area contributed by atoms with E-state index in [0.717, 1.165) is 17.6 Å². The van der Waals surface area contributed by atoms with E-state index in [1.54, 1.807) is 38.1 Å². The van der Waals surface area contributed by atoms with Crippen LogP contribution in [0.25, 0.3) is 5.69 Å². The van der Waals surface area contributed by atoms with Crippen molar-refractivity contribution in [3.63, 3.8) is 0 Å². The van der Waals surface area contributed by atoms with E-state index < -0.39 is 17.6 Å². The van der Waals surface area contributed by atoms with Crippen molar-refractivity contribution in [3.05, 3.63) is 87.8 Å². The number of ketones is 1. The van der Waals surface area contributed by atoms with E-state index in [1.165, 1.54) is 22.9 Å². The third-order valence-electron chi connectivity index (χ3n) is 4.39. The first-order valence-electron chi connectivity index (χ1n) is 8.92. The van der Waals surface area contributed by atoms with E-state index in [2.05, 4.69) is 14.7 Å². The number of carbonyl (C=O) groups is 2. The van der Waals surface area contributed by atoms with Crippen molar-refractivity contribution in [1.82, 2.24) is 19.4 Å². The number of rotatable bonds is 5. The maximum Gasteiger partial charge on any atom is 0.347 e. The summed E-state index contributed by atoms with van der Waals surface area (Å²) in [5.74, 6) is -2.16. The van der Waals surface area contributed by atoms with E-state index in [1.807, 2.05) is 6.07 Å². The Morgan fingerprint density at radius 1 is 1.00 bits per heavy atom. The summed E-state index contributed by atoms with van der Waals surface area (Å²) >= 11 is 0.945. The number of para-hydroxylation sites is 1. The van der Waals surface area contributed by atoms with Crippen molar-refractivity contribution in [1.29, 1.82) is 0 Å². The third kappa shape index (κ3) is 3.50. The van der Waals surface area contributed by atoms with Crippen LogP contribution in [0.5, 0.6) is 5.88 Å². The van der Waals surface area contributed by atoms with Gasteiger partial charge in [-0.15, -0.1) is 5.10 Å². The van der Waals surface area contributed by atoms with Crippen molar-refractivity contribution in [2.24, 2.45) is 0 Å². The number of hydrogen-bond donors (Lipinski definition) is 0. The highest BCUT2D eigenvalue weighted by atomic mass is 32.1. The van der Waals surface area contributed by atoms with Crippen LogP contribution in [0.2, 0.25) is 0 Å². The Kier molecular flexibility index (Phi) is 5.20. The molecule has 0 saturated carbocycles. The second kappa shape index (κ2) is 7.96. The van der Waals surface area contributed by atoms with Gasteiger partial charge >= 0.3 is 5.97 Å². The number of carbonyl (C=O) groups excluding carboxylic acids is 2. The number of aryl methyl sites for hydroxylation is 2. The Hall–Kier alpha value is -3.72. The lowest BCUT2D eigenvalue weighted by Gasteiger charge is -2.10. The van der Waals surface area contributed by atoms with E-state index in [0.29, 0.717) is 22.0 Å². The highest BCUT2D eigenvalue weighted by molar-refractivity contribution is 7.08. The number of nitrogens with zero attached hydrogens (tertiary/aromatic N) is 4. The molecular formula is C21H15FN4O3S. The summed E-state index contributed by atoms with van der Waals surface area (Å²) in [7, 11) is 0. The van der Waals surface area contributed by atoms with E-state index in [9.17, 15) is 14.0 Å². The molecule has 0 bridgehead atoms. The number of hydrogen-bond acceptors (Lipinski definition) is 7. The number of aromatic nitrogens is 4. The normalized spacial score (nSPS) is 10.8. The smallest absolute Gasteiger partial charge is 0.347 e. The number of ether oxygens (including phenoxy) is 1. The number of benzene rings is 2. The maximum absolute atomic E-state index is 14.1. The molecule has 0 fully saturated rings. The minimum atomic E-state index is -0.932. The Bertz CT molecular complexity index is 1250. The van der Waals surface area contributed by atoms with Crippen molar-refractivity contribution in [2.75, 3.05) is 0 Å². The van der Waals surface area contributed by atoms with Gasteiger partial charge in [0.05, 0.1) is 22.6 Å². The quantitative estimate of drug-likeness (QED) is 0.358. The molecule has 2 aromatic carbocycles. The molecule has 0 amide bonds. The zero-order valence-corrected chi connectivity index (χ0v) is 16.8. The van der Waals surface area contributed by atoms with Crippen LogP contribution in [0.3, 0.4) is 0 Å². The van der Waals surface area contributed by atoms with Crippen molar-refractivity contribution < 1.29 is 18.7 Å². The molecule has 0 aliphatic carbocycles. The van der Waals surface area contributed by atoms with Crippen molar-refractivity contribution in [3.8, 4) is 11.6 Å². The summed E-state index contributed by atoms with van der Waals surface area (Å²) in [5, 5.41) is 8.27. The second-order valence-electron chi connectivity index (χ2n) is 6.40. The van der Waals surface area contributed by atoms with Crippen LogP contribution in [0.1, 0.15) is 37.0 Å². The summed E-state index contributed by atoms with van der Waals surface area (Å²) in [6.45, 7) is 3.30. The number of esters is 1. The Morgan fingerprint density at radius 3 is 2.37 bits per heavy atom. The molecule has 0 atom stereocenters. The van der Waals surface area contributed by atoms with Gasteiger partial charge in [0.2, 0.25) is 11.7 Å². The first-order chi connectivity index (χ1) is 14.5. The van der Waals surface area contributed by atoms with Gasteiger partial charge in [-0.1, -0.05) is 34.8 Å². The zero-order chi connectivity index (χ0) is 21.3. The molecule has 0 spiro atoms. The van der Waals surface area contributed by atoms with Gasteiger partial charge in [-0.3, -0.25) is 4.79 Å². The Balaban J connectivity index is 1.86. The predicted molar refractivity (Wildman–Crippen MR) is 108 cm³/mol. The molecule has 0 aliphatic rings. The summed E-state index contributed by atoms with van der Waals surface area (Å²) in [4.78, 5) is 26.2. The van der Waals surface area contributed by atoms with Crippen LogP contribution in [-0.2, 0) is 0 Å². The molecular weight excluding hydrogens is 407 g/mol. The molecule has 9 heteroatoms. The van der Waals surface area contributed by atoms with Gasteiger partial charge in [-0.25, -0.2) is 9.18 Å². The van der Waals surface area contributed by atoms with Crippen LogP contribution in [-0.4, -0.2) is 31.1 Å². The Morgan fingerprint density at radius 2 is 1.70 bits per heavy atom. The maximum atomic E-state index is 14.1. The molecule has 2 heterocycles. The van der Waals surface area contributed by atoms with E-state index in [-0.39, 0.29) is 17.0 Å². The summed E-state index contributed by atoms with van der Waals surface area (Å²) < 4.78 is 24.8. The summed E-state index contributed by atoms with van der Waals surface area (Å²) in [5.41, 5.74) is 1.24. The van der Waals surface area contributed by atoms with Gasteiger partial charge in [0, 0.05) is 0 Å². The molecule has 4 rings (SSSR count). The van der Waals surface area contributed by atoms with Crippen LogP contribution < -0.4 is 4.74 Å². The highest BCUT2D eigenvalue weighted by Gasteiger charge is 2.29. The monoisotopic (exact) mass is 422 g/mol. The van der Waals surface area contributed by atoms with Crippen LogP contribution in [0, 0.1) is 19.7 Å². The van der Waals surface area contributed by atoms with Crippen molar-refractivity contribution in [2.45, 2.75) is 13.8 Å². The molecule has 0 saturated heterocycles. The standard InChI is InChI=1S/C21H15FN4O3S/c1-12-17(18(27)19-13(2)23-25-30-19)20(26(24-12)14-8-4-3-5-9-14)29-21(28)15-10-6-7-11-16(15)22/h3-11H,1-2H3. The molecule has 30 heavy (non-hydrogen) atoms. The average molecular weight is 422 g/mol. The third-order valence-corrected chi connectivity index (χ3v) is 5.21. The summed E-state index contributed by atoms with van der Waals surface area (Å²) in [6.07, 6.45) is 0. The first kappa shape index (κ1) is 19.6. The van der Waals surface area contributed by atoms with Crippen molar-refractivity contribution >= 4 is 23.3 Å². The minimum Gasteiger partial charge on any atom is -0.403 e. The molecule has 7 nitrogen and oxygen atoms in total. The number of halogens is 1. The van der Waals surface area contributed by atoms with Gasteiger partial charge in [-0.05, 0) is 49.6 Å². The zero-order valence-electron chi connectivity index (χ0n) is 16.0. The van der Waals surface area contributed by atoms with E-state index >= 15 is 0 Å². The molecule has 150 valence electrons. The molecule has 0 unspecified atom stereocenters. The fourth-order valence-corrected chi connectivity index (χ4v) is 3.53. The Labute approximate surface area is 174 Å². The van der Waals surface area contributed by atoms with Crippen LogP contribution in [0.4, 0.5) is 4.39 Å². The minimum absolute atomic E-state index is 0.0928. The van der Waals surface area contributed by atoms with Gasteiger partial charge in [-0.2, -0.15) is 9.78 Å². The molecule has 0 radical (unpaired) electrons. The van der Waals surface area contributed by atoms with Gasteiger partial charge in [0.15, 0.2) is 0 Å². The molecule has 0 N–H and O–H groups in total. The summed E-state index contributed by atoms with van der Waals surface area (Å²) in [6, 6.07) is 14.4. The lowest BCUT2D eigenvalue weighted by molar-refractivity contribution is 0.0716. The van der Waals surface area contributed by atoms with Gasteiger partial charge in [0.1, 0.15) is 16.3 Å². The highest BCUT2D eigenvalue weighted by Crippen LogP contribution is 2.30. The van der Waals surface area contributed by atoms with Gasteiger partial charge < -0.3 is 4.74 Å². The predicted octanol–water partition coefficient (Wildman–Crippen LogP) is 3.93. The average Bonchev–Trinajstić information content (AvgIpc) is 3.31. The lowest BCUT2D eigenvalue weighted by atomic mass is 10.1. The second-order valence-corrected chi connectivity index (χ2v) is 7.15. The first-order valence-corrected chi connectivity index (χ1v) is 9.70. The molecule has 4 aromatic rings. The fourth-order valence-electron chi connectivity index (χ4n) is 2.93. The lowest BCUT2D eigenvalue weighted by Crippen LogP contribution is -2.15. The topological polar surface area (TPSA) is 87.0 Å². The van der Waals surface area contributed by atoms with Gasteiger partial charge in [0.25, 0.3) is 0 Å². The molecule has 2 aromatic heterocycles. The SMILES string of the molecule is Cc1nnsc1C(=O)c1c(C)nn(-c2ccccc2)c1OC(=O)c1ccccc1F. The van der Waals surface area contributed by atoms with E-state index in [4.69, 9.17) is 4.74 Å². The molecule has 0 aliphatic heterocycles. The van der Waals surface area contributed by atoms with Crippen LogP contribution in [0.15, 0.2) is 54.6 Å². The largest absolute Gasteiger partial charge is 0.403 e. The van der Waals surface area contributed by atoms with Crippen LogP contribution >= 0.6 is 11.5 Å². The fraction of sp³-hybridized carbons (Fsp3) is 0.0952.